The Morgan fingerprint density at radius 3 is 2.67 bits per heavy atom. The van der Waals surface area contributed by atoms with Crippen molar-refractivity contribution < 1.29 is 9.18 Å². The van der Waals surface area contributed by atoms with E-state index in [1.807, 2.05) is 19.1 Å². The summed E-state index contributed by atoms with van der Waals surface area (Å²) in [5.41, 5.74) is 1.85. The molecule has 11 heteroatoms. The number of para-hydroxylation sites is 1. The summed E-state index contributed by atoms with van der Waals surface area (Å²) in [7, 11) is 1.64. The summed E-state index contributed by atoms with van der Waals surface area (Å²) >= 11 is 1.21. The Bertz CT molecular complexity index is 1570. The van der Waals surface area contributed by atoms with Crippen molar-refractivity contribution in [2.24, 2.45) is 7.05 Å². The second-order valence-electron chi connectivity index (χ2n) is 7.40. The van der Waals surface area contributed by atoms with Crippen LogP contribution in [-0.2, 0) is 11.8 Å². The fraction of sp³-hybridized carbons (Fsp3) is 0.136. The molecule has 3 heterocycles. The number of rotatable bonds is 5. The first-order valence-electron chi connectivity index (χ1n) is 10.0. The molecule has 0 unspecified atom stereocenters. The highest BCUT2D eigenvalue weighted by Gasteiger charge is 2.17. The molecule has 0 aliphatic rings. The summed E-state index contributed by atoms with van der Waals surface area (Å²) in [6, 6.07) is 14.8. The first-order chi connectivity index (χ1) is 15.9. The first kappa shape index (κ1) is 20.9. The lowest BCUT2D eigenvalue weighted by atomic mass is 10.2. The number of nitrogens with one attached hydrogen (secondary N) is 1. The fourth-order valence-corrected chi connectivity index (χ4v) is 4.32. The van der Waals surface area contributed by atoms with Gasteiger partial charge in [0, 0.05) is 13.1 Å². The third-order valence-corrected chi connectivity index (χ3v) is 6.03. The predicted octanol–water partition coefficient (Wildman–Crippen LogP) is 2.95. The number of thioether (sulfide) groups is 1. The van der Waals surface area contributed by atoms with E-state index in [1.54, 1.807) is 46.5 Å². The highest BCUT2D eigenvalue weighted by molar-refractivity contribution is 7.99. The molecule has 1 N–H and O–H groups in total. The number of anilines is 1. The zero-order valence-corrected chi connectivity index (χ0v) is 18.5. The van der Waals surface area contributed by atoms with Crippen molar-refractivity contribution in [3.05, 3.63) is 76.5 Å². The third-order valence-electron chi connectivity index (χ3n) is 5.10. The number of hydrogen-bond donors (Lipinski definition) is 1. The minimum atomic E-state index is -0.352. The van der Waals surface area contributed by atoms with Crippen LogP contribution in [0.2, 0.25) is 0 Å². The summed E-state index contributed by atoms with van der Waals surface area (Å²) < 4.78 is 18.0. The van der Waals surface area contributed by atoms with Crippen molar-refractivity contribution in [2.75, 3.05) is 11.1 Å². The smallest absolute Gasteiger partial charge is 0.262 e. The van der Waals surface area contributed by atoms with Crippen LogP contribution in [0.25, 0.3) is 22.4 Å². The lowest BCUT2D eigenvalue weighted by molar-refractivity contribution is -0.113. The highest BCUT2D eigenvalue weighted by atomic mass is 32.2. The van der Waals surface area contributed by atoms with E-state index >= 15 is 0 Å². The number of nitrogens with zero attached hydrogens (tertiary/aromatic N) is 6. The average Bonchev–Trinajstić information content (AvgIpc) is 3.40. The Balaban J connectivity index is 1.40. The van der Waals surface area contributed by atoms with Crippen LogP contribution in [0.15, 0.2) is 64.5 Å². The van der Waals surface area contributed by atoms with Gasteiger partial charge in [-0.3, -0.25) is 18.6 Å². The van der Waals surface area contributed by atoms with E-state index in [2.05, 4.69) is 20.6 Å². The minimum absolute atomic E-state index is 0.0611. The SMILES string of the molecule is Cc1cc(NC(=O)CSc2nnc3n(C)c(=O)c4ccccc4n23)n(-c2ccc(F)cc2)n1. The number of benzene rings is 2. The molecule has 0 aliphatic heterocycles. The molecule has 0 fully saturated rings. The van der Waals surface area contributed by atoms with E-state index in [1.165, 1.54) is 28.5 Å². The van der Waals surface area contributed by atoms with E-state index < -0.39 is 0 Å². The Hall–Kier alpha value is -3.99. The van der Waals surface area contributed by atoms with Crippen LogP contribution in [0.1, 0.15) is 5.69 Å². The van der Waals surface area contributed by atoms with E-state index in [0.717, 1.165) is 0 Å². The average molecular weight is 463 g/mol. The number of hydrogen-bond acceptors (Lipinski definition) is 6. The van der Waals surface area contributed by atoms with Gasteiger partial charge in [0.2, 0.25) is 11.7 Å². The second kappa shape index (κ2) is 8.17. The molecular weight excluding hydrogens is 445 g/mol. The third kappa shape index (κ3) is 3.76. The van der Waals surface area contributed by atoms with Gasteiger partial charge in [-0.05, 0) is 43.3 Å². The van der Waals surface area contributed by atoms with Gasteiger partial charge in [-0.1, -0.05) is 23.9 Å². The molecular formula is C22H18FN7O2S. The van der Waals surface area contributed by atoms with Gasteiger partial charge >= 0.3 is 0 Å². The summed E-state index contributed by atoms with van der Waals surface area (Å²) in [4.78, 5) is 25.3. The Morgan fingerprint density at radius 1 is 1.12 bits per heavy atom. The lowest BCUT2D eigenvalue weighted by Gasteiger charge is -2.09. The van der Waals surface area contributed by atoms with Crippen molar-refractivity contribution in [1.29, 1.82) is 0 Å². The van der Waals surface area contributed by atoms with Crippen LogP contribution in [0, 0.1) is 12.7 Å². The zero-order valence-electron chi connectivity index (χ0n) is 17.7. The summed E-state index contributed by atoms with van der Waals surface area (Å²) in [6.45, 7) is 1.81. The predicted molar refractivity (Wildman–Crippen MR) is 123 cm³/mol. The number of halogens is 1. The quantitative estimate of drug-likeness (QED) is 0.403. The molecule has 0 bridgehead atoms. The highest BCUT2D eigenvalue weighted by Crippen LogP contribution is 2.22. The Morgan fingerprint density at radius 2 is 1.88 bits per heavy atom. The molecule has 5 aromatic rings. The molecule has 0 saturated carbocycles. The van der Waals surface area contributed by atoms with Gasteiger partial charge in [-0.15, -0.1) is 10.2 Å². The van der Waals surface area contributed by atoms with Gasteiger partial charge in [0.25, 0.3) is 5.56 Å². The molecule has 0 atom stereocenters. The van der Waals surface area contributed by atoms with Gasteiger partial charge in [0.1, 0.15) is 11.6 Å². The minimum Gasteiger partial charge on any atom is -0.310 e. The molecule has 9 nitrogen and oxygen atoms in total. The van der Waals surface area contributed by atoms with Crippen LogP contribution in [-0.4, -0.2) is 40.6 Å². The van der Waals surface area contributed by atoms with Crippen molar-refractivity contribution in [3.63, 3.8) is 0 Å². The normalized spacial score (nSPS) is 11.4. The number of carbonyl (C=O) groups is 1. The number of amides is 1. The van der Waals surface area contributed by atoms with Gasteiger partial charge in [0.15, 0.2) is 5.16 Å². The monoisotopic (exact) mass is 463 g/mol. The van der Waals surface area contributed by atoms with Gasteiger partial charge in [-0.2, -0.15) is 5.10 Å². The van der Waals surface area contributed by atoms with Gasteiger partial charge in [-0.25, -0.2) is 9.07 Å². The summed E-state index contributed by atoms with van der Waals surface area (Å²) in [6.07, 6.45) is 0. The largest absolute Gasteiger partial charge is 0.310 e. The topological polar surface area (TPSA) is 99.1 Å². The van der Waals surface area contributed by atoms with Crippen LogP contribution in [0.5, 0.6) is 0 Å². The number of aromatic nitrogens is 6. The van der Waals surface area contributed by atoms with Gasteiger partial charge in [0.05, 0.1) is 28.0 Å². The maximum atomic E-state index is 13.3. The van der Waals surface area contributed by atoms with Crippen molar-refractivity contribution in [3.8, 4) is 5.69 Å². The molecule has 0 aliphatic carbocycles. The van der Waals surface area contributed by atoms with Crippen LogP contribution in [0.3, 0.4) is 0 Å². The number of fused-ring (bicyclic) bond motifs is 3. The molecule has 5 rings (SSSR count). The van der Waals surface area contributed by atoms with Crippen LogP contribution >= 0.6 is 11.8 Å². The molecule has 0 radical (unpaired) electrons. The number of carbonyl (C=O) groups excluding carboxylic acids is 1. The van der Waals surface area contributed by atoms with Crippen molar-refractivity contribution in [1.82, 2.24) is 28.9 Å². The van der Waals surface area contributed by atoms with E-state index in [-0.39, 0.29) is 23.0 Å². The standard InChI is InChI=1S/C22H18FN7O2S/c1-13-11-18(30(27-13)15-9-7-14(23)8-10-15)24-19(31)12-33-22-26-25-21-28(2)20(32)16-5-3-4-6-17(16)29(21)22/h3-11H,12H2,1-2H3,(H,24,31). The van der Waals surface area contributed by atoms with Crippen molar-refractivity contribution in [2.45, 2.75) is 12.1 Å². The second-order valence-corrected chi connectivity index (χ2v) is 8.34. The fourth-order valence-electron chi connectivity index (χ4n) is 3.58. The summed E-state index contributed by atoms with van der Waals surface area (Å²) in [5.74, 6) is 0.311. The Labute approximate surface area is 190 Å². The maximum Gasteiger partial charge on any atom is 0.262 e. The molecule has 0 saturated heterocycles. The van der Waals surface area contributed by atoms with Gasteiger partial charge < -0.3 is 5.32 Å². The molecule has 166 valence electrons. The van der Waals surface area contributed by atoms with Crippen LogP contribution in [0.4, 0.5) is 10.2 Å². The molecule has 2 aromatic carbocycles. The lowest BCUT2D eigenvalue weighted by Crippen LogP contribution is -2.20. The Kier molecular flexibility index (Phi) is 5.17. The van der Waals surface area contributed by atoms with E-state index in [4.69, 9.17) is 0 Å². The van der Waals surface area contributed by atoms with E-state index in [0.29, 0.717) is 39.0 Å². The maximum absolute atomic E-state index is 13.3. The van der Waals surface area contributed by atoms with E-state index in [9.17, 15) is 14.0 Å². The summed E-state index contributed by atoms with van der Waals surface area (Å²) in [5, 5.41) is 16.6. The first-order valence-corrected chi connectivity index (χ1v) is 11.0. The molecule has 0 spiro atoms. The van der Waals surface area contributed by atoms with Crippen LogP contribution < -0.4 is 10.9 Å². The number of aryl methyl sites for hydroxylation is 2. The zero-order chi connectivity index (χ0) is 23.1. The molecule has 33 heavy (non-hydrogen) atoms. The molecule has 1 amide bonds. The van der Waals surface area contributed by atoms with Crippen molar-refractivity contribution >= 4 is 40.2 Å². The molecule has 3 aromatic heterocycles.